The van der Waals surface area contributed by atoms with Gasteiger partial charge in [0.25, 0.3) is 5.56 Å². The quantitative estimate of drug-likeness (QED) is 0.606. The fraction of sp³-hybridized carbons (Fsp3) is 0.182. The smallest absolute Gasteiger partial charge is 0.334 e. The van der Waals surface area contributed by atoms with Gasteiger partial charge in [-0.05, 0) is 30.3 Å². The van der Waals surface area contributed by atoms with Gasteiger partial charge in [-0.2, -0.15) is 4.98 Å². The molecule has 2 unspecified atom stereocenters. The highest BCUT2D eigenvalue weighted by atomic mass is 16.5. The molecule has 1 amide bonds. The van der Waals surface area contributed by atoms with E-state index in [1.54, 1.807) is 42.5 Å². The molecule has 2 aromatic carbocycles. The second-order valence-corrected chi connectivity index (χ2v) is 7.17. The van der Waals surface area contributed by atoms with Gasteiger partial charge in [-0.3, -0.25) is 14.5 Å². The first-order valence-corrected chi connectivity index (χ1v) is 9.65. The monoisotopic (exact) mass is 419 g/mol. The predicted octanol–water partition coefficient (Wildman–Crippen LogP) is 1.89. The first-order valence-electron chi connectivity index (χ1n) is 9.65. The summed E-state index contributed by atoms with van der Waals surface area (Å²) in [6, 6.07) is 13.0. The number of amides is 1. The minimum atomic E-state index is -1.15. The van der Waals surface area contributed by atoms with Crippen molar-refractivity contribution in [1.82, 2.24) is 14.9 Å². The average molecular weight is 419 g/mol. The summed E-state index contributed by atoms with van der Waals surface area (Å²) < 4.78 is 11.4. The zero-order chi connectivity index (χ0) is 21.5. The fourth-order valence-electron chi connectivity index (χ4n) is 3.79. The number of nitrogens with one attached hydrogen (secondary N) is 1. The number of aromatic nitrogens is 2. The summed E-state index contributed by atoms with van der Waals surface area (Å²) in [5.41, 5.74) is 0.899. The van der Waals surface area contributed by atoms with E-state index >= 15 is 0 Å². The van der Waals surface area contributed by atoms with Crippen LogP contribution in [0.15, 0.2) is 65.2 Å². The summed E-state index contributed by atoms with van der Waals surface area (Å²) in [6.45, 7) is 0.0166. The van der Waals surface area contributed by atoms with Crippen molar-refractivity contribution in [2.45, 2.75) is 18.7 Å². The largest absolute Gasteiger partial charge is 0.489 e. The van der Waals surface area contributed by atoms with Crippen molar-refractivity contribution in [2.24, 2.45) is 0 Å². The second kappa shape index (κ2) is 7.28. The molecule has 156 valence electrons. The maximum Gasteiger partial charge on any atom is 0.334 e. The number of carboxylic acids is 1. The topological polar surface area (TPSA) is 122 Å². The maximum atomic E-state index is 12.4. The second-order valence-electron chi connectivity index (χ2n) is 7.17. The molecule has 2 atom stereocenters. The van der Waals surface area contributed by atoms with Gasteiger partial charge >= 0.3 is 5.97 Å². The molecule has 0 spiro atoms. The summed E-state index contributed by atoms with van der Waals surface area (Å²) in [5.74, 6) is -0.402. The summed E-state index contributed by atoms with van der Waals surface area (Å²) in [5, 5.41) is 9.94. The summed E-state index contributed by atoms with van der Waals surface area (Å²) >= 11 is 0. The molecule has 2 aliphatic heterocycles. The summed E-state index contributed by atoms with van der Waals surface area (Å²) in [6.07, 6.45) is 1.16. The number of β-lactam (4-membered cyclic amide) rings is 1. The van der Waals surface area contributed by atoms with Crippen LogP contribution in [-0.2, 0) is 14.3 Å². The van der Waals surface area contributed by atoms with E-state index in [2.05, 4.69) is 9.97 Å². The Morgan fingerprint density at radius 2 is 2.00 bits per heavy atom. The van der Waals surface area contributed by atoms with Gasteiger partial charge in [0.05, 0.1) is 22.9 Å². The fourth-order valence-corrected chi connectivity index (χ4v) is 3.79. The molecule has 31 heavy (non-hydrogen) atoms. The lowest BCUT2D eigenvalue weighted by molar-refractivity contribution is -0.163. The molecule has 0 radical (unpaired) electrons. The van der Waals surface area contributed by atoms with Gasteiger partial charge in [-0.25, -0.2) is 4.79 Å². The number of ether oxygens (including phenoxy) is 2. The van der Waals surface area contributed by atoms with E-state index in [-0.39, 0.29) is 30.3 Å². The molecule has 2 aliphatic rings. The van der Waals surface area contributed by atoms with E-state index in [0.717, 1.165) is 0 Å². The van der Waals surface area contributed by atoms with Crippen LogP contribution in [0.5, 0.6) is 5.75 Å². The van der Waals surface area contributed by atoms with E-state index < -0.39 is 18.2 Å². The van der Waals surface area contributed by atoms with Crippen LogP contribution in [0.3, 0.4) is 0 Å². The van der Waals surface area contributed by atoms with Crippen LogP contribution in [0.2, 0.25) is 0 Å². The van der Waals surface area contributed by atoms with Crippen LogP contribution in [0.4, 0.5) is 0 Å². The van der Waals surface area contributed by atoms with Gasteiger partial charge in [0.15, 0.2) is 12.3 Å². The van der Waals surface area contributed by atoms with Crippen molar-refractivity contribution in [2.75, 3.05) is 6.61 Å². The van der Waals surface area contributed by atoms with Crippen molar-refractivity contribution in [3.63, 3.8) is 0 Å². The number of hydrogen-bond acceptors (Lipinski definition) is 6. The number of carbonyl (C=O) groups is 2. The molecule has 2 N–H and O–H groups in total. The molecular formula is C22H17N3O6. The Hall–Kier alpha value is -4.14. The Kier molecular flexibility index (Phi) is 4.43. The highest BCUT2D eigenvalue weighted by molar-refractivity contribution is 5.91. The van der Waals surface area contributed by atoms with Crippen LogP contribution in [-0.4, -0.2) is 50.7 Å². The maximum absolute atomic E-state index is 12.4. The van der Waals surface area contributed by atoms with E-state index in [4.69, 9.17) is 9.47 Å². The molecule has 3 aromatic rings. The number of benzene rings is 2. The molecule has 0 saturated carbocycles. The Bertz CT molecular complexity index is 1300. The Morgan fingerprint density at radius 1 is 1.23 bits per heavy atom. The van der Waals surface area contributed by atoms with Crippen molar-refractivity contribution in [1.29, 1.82) is 0 Å². The summed E-state index contributed by atoms with van der Waals surface area (Å²) in [7, 11) is 0. The SMILES string of the molecule is O=C(O)C1/C(=C/COc2ccccc2-c2nc(=O)c3ccccc3[nH]2)OC2CC(=O)N21. The van der Waals surface area contributed by atoms with Gasteiger partial charge in [-0.15, -0.1) is 0 Å². The molecule has 3 heterocycles. The third-order valence-electron chi connectivity index (χ3n) is 5.29. The Labute approximate surface area is 175 Å². The normalized spacial score (nSPS) is 21.0. The highest BCUT2D eigenvalue weighted by Gasteiger charge is 2.53. The first-order chi connectivity index (χ1) is 15.0. The molecule has 0 bridgehead atoms. The lowest BCUT2D eigenvalue weighted by Crippen LogP contribution is -2.54. The van der Waals surface area contributed by atoms with Crippen LogP contribution in [0.1, 0.15) is 6.42 Å². The van der Waals surface area contributed by atoms with Crippen molar-refractivity contribution < 1.29 is 24.2 Å². The number of rotatable bonds is 5. The van der Waals surface area contributed by atoms with Crippen LogP contribution < -0.4 is 10.3 Å². The van der Waals surface area contributed by atoms with Crippen LogP contribution in [0.25, 0.3) is 22.3 Å². The molecule has 9 nitrogen and oxygen atoms in total. The lowest BCUT2D eigenvalue weighted by atomic mass is 10.1. The van der Waals surface area contributed by atoms with Gasteiger partial charge < -0.3 is 19.6 Å². The number of fused-ring (bicyclic) bond motifs is 2. The molecule has 1 aromatic heterocycles. The van der Waals surface area contributed by atoms with Crippen molar-refractivity contribution >= 4 is 22.8 Å². The number of carbonyl (C=O) groups excluding carboxylic acids is 1. The highest BCUT2D eigenvalue weighted by Crippen LogP contribution is 2.36. The number of H-pyrrole nitrogens is 1. The Balaban J connectivity index is 1.41. The Morgan fingerprint density at radius 3 is 2.81 bits per heavy atom. The van der Waals surface area contributed by atoms with Gasteiger partial charge in [-0.1, -0.05) is 24.3 Å². The molecule has 9 heteroatoms. The number of aliphatic carboxylic acids is 1. The minimum absolute atomic E-state index is 0.0166. The number of carboxylic acid groups (broad SMARTS) is 1. The third-order valence-corrected chi connectivity index (χ3v) is 5.29. The lowest BCUT2D eigenvalue weighted by Gasteiger charge is -2.33. The van der Waals surface area contributed by atoms with Crippen LogP contribution in [0, 0.1) is 0 Å². The molecule has 2 fully saturated rings. The van der Waals surface area contributed by atoms with Gasteiger partial charge in [0.2, 0.25) is 5.91 Å². The molecule has 5 rings (SSSR count). The minimum Gasteiger partial charge on any atom is -0.489 e. The predicted molar refractivity (Wildman–Crippen MR) is 109 cm³/mol. The third kappa shape index (κ3) is 3.20. The first kappa shape index (κ1) is 18.9. The van der Waals surface area contributed by atoms with Gasteiger partial charge in [0, 0.05) is 0 Å². The standard InChI is InChI=1S/C22H17N3O6/c26-17-11-18-25(17)19(22(28)29)16(31-18)9-10-30-15-8-4-2-6-13(15)20-23-14-7-3-1-5-12(14)21(27)24-20/h1-9,18-19H,10-11H2,(H,28,29)(H,23,24,27)/b16-9-. The number of para-hydroxylation sites is 2. The number of aromatic amines is 1. The molecule has 0 aliphatic carbocycles. The van der Waals surface area contributed by atoms with E-state index in [1.165, 1.54) is 11.0 Å². The molecule has 2 saturated heterocycles. The van der Waals surface area contributed by atoms with Crippen molar-refractivity contribution in [3.05, 3.63) is 70.7 Å². The zero-order valence-electron chi connectivity index (χ0n) is 16.1. The van der Waals surface area contributed by atoms with Crippen LogP contribution >= 0.6 is 0 Å². The van der Waals surface area contributed by atoms with E-state index in [9.17, 15) is 19.5 Å². The van der Waals surface area contributed by atoms with E-state index in [1.807, 2.05) is 6.07 Å². The zero-order valence-corrected chi connectivity index (χ0v) is 16.1. The van der Waals surface area contributed by atoms with Crippen molar-refractivity contribution in [3.8, 4) is 17.1 Å². The summed E-state index contributed by atoms with van der Waals surface area (Å²) in [4.78, 5) is 44.1. The average Bonchev–Trinajstić information content (AvgIpc) is 3.06. The molecular weight excluding hydrogens is 402 g/mol. The van der Waals surface area contributed by atoms with E-state index in [0.29, 0.717) is 28.0 Å². The van der Waals surface area contributed by atoms with Gasteiger partial charge in [0.1, 0.15) is 23.9 Å². The number of nitrogens with zero attached hydrogens (tertiary/aromatic N) is 2. The number of hydrogen-bond donors (Lipinski definition) is 2.